The Hall–Kier alpha value is -2.22. The van der Waals surface area contributed by atoms with Gasteiger partial charge in [-0.05, 0) is 12.1 Å². The Morgan fingerprint density at radius 1 is 1.20 bits per heavy atom. The summed E-state index contributed by atoms with van der Waals surface area (Å²) in [6, 6.07) is 5.83. The lowest BCUT2D eigenvalue weighted by atomic mass is 10.3. The minimum absolute atomic E-state index is 0.0973. The van der Waals surface area contributed by atoms with Crippen molar-refractivity contribution < 1.29 is 4.79 Å². The van der Waals surface area contributed by atoms with Crippen LogP contribution in [0, 0.1) is 0 Å². The first-order valence-electron chi connectivity index (χ1n) is 6.28. The SMILES string of the molecule is Nc1nnc(C(=O)N2CCN(c3ccccn3)CC2)s1. The molecule has 2 N–H and O–H groups in total. The summed E-state index contributed by atoms with van der Waals surface area (Å²) in [7, 11) is 0. The summed E-state index contributed by atoms with van der Waals surface area (Å²) in [4.78, 5) is 20.5. The number of hydrogen-bond donors (Lipinski definition) is 1. The Morgan fingerprint density at radius 2 is 2.00 bits per heavy atom. The summed E-state index contributed by atoms with van der Waals surface area (Å²) < 4.78 is 0. The molecule has 8 heteroatoms. The topological polar surface area (TPSA) is 88.2 Å². The lowest BCUT2D eigenvalue weighted by Gasteiger charge is -2.34. The molecule has 7 nitrogen and oxygen atoms in total. The van der Waals surface area contributed by atoms with Crippen molar-refractivity contribution in [1.82, 2.24) is 20.1 Å². The van der Waals surface area contributed by atoms with E-state index in [0.717, 1.165) is 30.2 Å². The highest BCUT2D eigenvalue weighted by molar-refractivity contribution is 7.16. The van der Waals surface area contributed by atoms with Gasteiger partial charge >= 0.3 is 0 Å². The van der Waals surface area contributed by atoms with Crippen molar-refractivity contribution in [1.29, 1.82) is 0 Å². The maximum atomic E-state index is 12.2. The Labute approximate surface area is 120 Å². The standard InChI is InChI=1S/C12H14N6OS/c13-12-16-15-10(20-12)11(19)18-7-5-17(6-8-18)9-3-1-2-4-14-9/h1-4H,5-8H2,(H2,13,16). The van der Waals surface area contributed by atoms with Crippen LogP contribution in [0.3, 0.4) is 0 Å². The molecule has 1 aliphatic rings. The molecule has 0 spiro atoms. The van der Waals surface area contributed by atoms with Gasteiger partial charge in [-0.3, -0.25) is 4.79 Å². The Balaban J connectivity index is 1.63. The van der Waals surface area contributed by atoms with Crippen LogP contribution in [-0.4, -0.2) is 52.2 Å². The number of anilines is 2. The van der Waals surface area contributed by atoms with Crippen LogP contribution in [0.15, 0.2) is 24.4 Å². The Bertz CT molecular complexity index is 593. The van der Waals surface area contributed by atoms with Gasteiger partial charge in [0, 0.05) is 32.4 Å². The quantitative estimate of drug-likeness (QED) is 0.865. The van der Waals surface area contributed by atoms with Gasteiger partial charge in [-0.1, -0.05) is 17.4 Å². The van der Waals surface area contributed by atoms with E-state index in [1.54, 1.807) is 11.1 Å². The van der Waals surface area contributed by atoms with Crippen LogP contribution in [0.4, 0.5) is 10.9 Å². The van der Waals surface area contributed by atoms with Crippen molar-refractivity contribution in [2.45, 2.75) is 0 Å². The van der Waals surface area contributed by atoms with E-state index in [2.05, 4.69) is 20.1 Å². The molecule has 2 aromatic heterocycles. The van der Waals surface area contributed by atoms with Crippen molar-refractivity contribution in [2.24, 2.45) is 0 Å². The summed E-state index contributed by atoms with van der Waals surface area (Å²) in [5.41, 5.74) is 5.50. The van der Waals surface area contributed by atoms with Crippen LogP contribution >= 0.6 is 11.3 Å². The predicted octanol–water partition coefficient (Wildman–Crippen LogP) is 0.478. The zero-order valence-corrected chi connectivity index (χ0v) is 11.6. The maximum absolute atomic E-state index is 12.2. The highest BCUT2D eigenvalue weighted by atomic mass is 32.1. The fraction of sp³-hybridized carbons (Fsp3) is 0.333. The van der Waals surface area contributed by atoms with E-state index in [-0.39, 0.29) is 5.91 Å². The van der Waals surface area contributed by atoms with Gasteiger partial charge in [0.1, 0.15) is 5.82 Å². The molecule has 1 aliphatic heterocycles. The van der Waals surface area contributed by atoms with Crippen molar-refractivity contribution in [2.75, 3.05) is 36.8 Å². The third-order valence-corrected chi connectivity index (χ3v) is 3.90. The summed E-state index contributed by atoms with van der Waals surface area (Å²) in [5.74, 6) is 0.847. The molecule has 0 atom stereocenters. The summed E-state index contributed by atoms with van der Waals surface area (Å²) in [6.45, 7) is 2.82. The first-order valence-corrected chi connectivity index (χ1v) is 7.10. The maximum Gasteiger partial charge on any atom is 0.285 e. The van der Waals surface area contributed by atoms with Crippen molar-refractivity contribution in [3.8, 4) is 0 Å². The number of rotatable bonds is 2. The molecule has 1 saturated heterocycles. The van der Waals surface area contributed by atoms with Gasteiger partial charge < -0.3 is 15.5 Å². The fourth-order valence-electron chi connectivity index (χ4n) is 2.14. The Kier molecular flexibility index (Phi) is 3.46. The van der Waals surface area contributed by atoms with Gasteiger partial charge in [-0.15, -0.1) is 10.2 Å². The first kappa shape index (κ1) is 12.8. The van der Waals surface area contributed by atoms with E-state index in [9.17, 15) is 4.79 Å². The minimum atomic E-state index is -0.0973. The molecule has 2 aromatic rings. The van der Waals surface area contributed by atoms with E-state index >= 15 is 0 Å². The molecule has 104 valence electrons. The molecule has 0 bridgehead atoms. The molecule has 1 fully saturated rings. The normalized spacial score (nSPS) is 15.4. The van der Waals surface area contributed by atoms with Crippen molar-refractivity contribution in [3.63, 3.8) is 0 Å². The van der Waals surface area contributed by atoms with E-state index in [1.165, 1.54) is 0 Å². The number of carbonyl (C=O) groups is 1. The van der Waals surface area contributed by atoms with Gasteiger partial charge in [-0.2, -0.15) is 0 Å². The summed E-state index contributed by atoms with van der Waals surface area (Å²) >= 11 is 1.13. The average molecular weight is 290 g/mol. The van der Waals surface area contributed by atoms with Crippen LogP contribution in [0.5, 0.6) is 0 Å². The highest BCUT2D eigenvalue weighted by Crippen LogP contribution is 2.17. The van der Waals surface area contributed by atoms with Crippen LogP contribution < -0.4 is 10.6 Å². The zero-order valence-electron chi connectivity index (χ0n) is 10.8. The average Bonchev–Trinajstić information content (AvgIpc) is 2.94. The second-order valence-corrected chi connectivity index (χ2v) is 5.42. The molecular formula is C12H14N6OS. The van der Waals surface area contributed by atoms with Gasteiger partial charge in [0.15, 0.2) is 0 Å². The minimum Gasteiger partial charge on any atom is -0.374 e. The second kappa shape index (κ2) is 5.41. The molecule has 1 amide bonds. The number of nitrogens with zero attached hydrogens (tertiary/aromatic N) is 5. The first-order chi connectivity index (χ1) is 9.74. The van der Waals surface area contributed by atoms with Crippen LogP contribution in [0.25, 0.3) is 0 Å². The molecule has 0 aromatic carbocycles. The van der Waals surface area contributed by atoms with Crippen LogP contribution in [0.2, 0.25) is 0 Å². The number of hydrogen-bond acceptors (Lipinski definition) is 7. The number of nitrogens with two attached hydrogens (primary N) is 1. The monoisotopic (exact) mass is 290 g/mol. The molecule has 0 saturated carbocycles. The number of pyridine rings is 1. The lowest BCUT2D eigenvalue weighted by Crippen LogP contribution is -2.49. The third kappa shape index (κ3) is 2.55. The van der Waals surface area contributed by atoms with Gasteiger partial charge in [0.05, 0.1) is 0 Å². The lowest BCUT2D eigenvalue weighted by molar-refractivity contribution is 0.0745. The van der Waals surface area contributed by atoms with Gasteiger partial charge in [0.25, 0.3) is 5.91 Å². The second-order valence-electron chi connectivity index (χ2n) is 4.41. The number of aromatic nitrogens is 3. The van der Waals surface area contributed by atoms with E-state index in [1.807, 2.05) is 18.2 Å². The number of carbonyl (C=O) groups excluding carboxylic acids is 1. The van der Waals surface area contributed by atoms with Crippen molar-refractivity contribution >= 4 is 28.2 Å². The van der Waals surface area contributed by atoms with E-state index in [0.29, 0.717) is 23.2 Å². The number of piperazine rings is 1. The van der Waals surface area contributed by atoms with Gasteiger partial charge in [0.2, 0.25) is 10.1 Å². The number of nitrogen functional groups attached to an aromatic ring is 1. The molecular weight excluding hydrogens is 276 g/mol. The Morgan fingerprint density at radius 3 is 2.60 bits per heavy atom. The predicted molar refractivity (Wildman–Crippen MR) is 76.7 cm³/mol. The zero-order chi connectivity index (χ0) is 13.9. The van der Waals surface area contributed by atoms with Crippen molar-refractivity contribution in [3.05, 3.63) is 29.4 Å². The molecule has 3 heterocycles. The smallest absolute Gasteiger partial charge is 0.285 e. The largest absolute Gasteiger partial charge is 0.374 e. The number of amides is 1. The van der Waals surface area contributed by atoms with Crippen LogP contribution in [-0.2, 0) is 0 Å². The highest BCUT2D eigenvalue weighted by Gasteiger charge is 2.24. The fourth-order valence-corrected chi connectivity index (χ4v) is 2.71. The van der Waals surface area contributed by atoms with E-state index < -0.39 is 0 Å². The molecule has 0 unspecified atom stereocenters. The summed E-state index contributed by atoms with van der Waals surface area (Å²) in [5, 5.41) is 8.14. The van der Waals surface area contributed by atoms with Crippen LogP contribution in [0.1, 0.15) is 9.80 Å². The molecule has 0 radical (unpaired) electrons. The summed E-state index contributed by atoms with van der Waals surface area (Å²) in [6.07, 6.45) is 1.77. The molecule has 0 aliphatic carbocycles. The van der Waals surface area contributed by atoms with E-state index in [4.69, 9.17) is 5.73 Å². The molecule has 3 rings (SSSR count). The molecule has 20 heavy (non-hydrogen) atoms. The third-order valence-electron chi connectivity index (χ3n) is 3.16. The van der Waals surface area contributed by atoms with Gasteiger partial charge in [-0.25, -0.2) is 4.98 Å².